The van der Waals surface area contributed by atoms with Gasteiger partial charge in [-0.15, -0.1) is 6.42 Å². The molecule has 1 fully saturated rings. The van der Waals surface area contributed by atoms with Crippen molar-refractivity contribution in [3.05, 3.63) is 56.9 Å². The van der Waals surface area contributed by atoms with E-state index in [2.05, 4.69) is 21.9 Å². The number of carbonyl (C=O) groups excluding carboxylic acids is 1. The van der Waals surface area contributed by atoms with E-state index < -0.39 is 0 Å². The Morgan fingerprint density at radius 1 is 1.36 bits per heavy atom. The van der Waals surface area contributed by atoms with Crippen LogP contribution in [-0.2, 0) is 4.79 Å². The van der Waals surface area contributed by atoms with Gasteiger partial charge in [0.2, 0.25) is 0 Å². The van der Waals surface area contributed by atoms with E-state index >= 15 is 0 Å². The summed E-state index contributed by atoms with van der Waals surface area (Å²) < 4.78 is 12.3. The average Bonchev–Trinajstić information content (AvgIpc) is 2.94. The van der Waals surface area contributed by atoms with Gasteiger partial charge in [-0.1, -0.05) is 64.0 Å². The van der Waals surface area contributed by atoms with Crippen LogP contribution in [0.15, 0.2) is 45.8 Å². The minimum atomic E-state index is -0.175. The van der Waals surface area contributed by atoms with Gasteiger partial charge in [-0.3, -0.25) is 9.69 Å². The van der Waals surface area contributed by atoms with Crippen molar-refractivity contribution >= 4 is 61.9 Å². The Kier molecular flexibility index (Phi) is 6.45. The number of carbonyl (C=O) groups is 1. The maximum absolute atomic E-state index is 13.1. The van der Waals surface area contributed by atoms with Gasteiger partial charge < -0.3 is 9.47 Å². The fraction of sp³-hybridized carbons (Fsp3) is 0.143. The Labute approximate surface area is 182 Å². The molecule has 2 aromatic carbocycles. The van der Waals surface area contributed by atoms with Crippen molar-refractivity contribution in [1.29, 1.82) is 0 Å². The number of thioether (sulfide) groups is 1. The number of aryl methyl sites for hydroxylation is 1. The lowest BCUT2D eigenvalue weighted by Crippen LogP contribution is -2.28. The first-order valence-corrected chi connectivity index (χ1v) is 10.3. The SMILES string of the molecule is C#CCOc1c(/C=C2/SC(=S)N(c3ccccc3C)C2=O)cc(Br)cc1OC. The Morgan fingerprint density at radius 3 is 2.79 bits per heavy atom. The highest BCUT2D eigenvalue weighted by Gasteiger charge is 2.34. The number of para-hydroxylation sites is 1. The van der Waals surface area contributed by atoms with E-state index in [4.69, 9.17) is 28.1 Å². The van der Waals surface area contributed by atoms with E-state index in [1.165, 1.54) is 11.8 Å². The number of anilines is 1. The van der Waals surface area contributed by atoms with Gasteiger partial charge >= 0.3 is 0 Å². The van der Waals surface area contributed by atoms with Crippen LogP contribution in [0.4, 0.5) is 5.69 Å². The molecule has 142 valence electrons. The van der Waals surface area contributed by atoms with Crippen LogP contribution in [-0.4, -0.2) is 23.9 Å². The molecule has 4 nitrogen and oxygen atoms in total. The van der Waals surface area contributed by atoms with E-state index in [9.17, 15) is 4.79 Å². The molecular formula is C21H16BrNO3S2. The van der Waals surface area contributed by atoms with Gasteiger partial charge in [0.25, 0.3) is 5.91 Å². The number of benzene rings is 2. The van der Waals surface area contributed by atoms with Gasteiger partial charge in [0, 0.05) is 10.0 Å². The minimum absolute atomic E-state index is 0.0863. The molecule has 0 saturated carbocycles. The molecule has 1 heterocycles. The molecule has 0 N–H and O–H groups in total. The van der Waals surface area contributed by atoms with E-state index in [-0.39, 0.29) is 12.5 Å². The highest BCUT2D eigenvalue weighted by atomic mass is 79.9. The van der Waals surface area contributed by atoms with Gasteiger partial charge in [-0.05, 0) is 36.8 Å². The first-order chi connectivity index (χ1) is 13.5. The summed E-state index contributed by atoms with van der Waals surface area (Å²) in [6, 6.07) is 11.3. The third-order valence-corrected chi connectivity index (χ3v) is 5.76. The van der Waals surface area contributed by atoms with Crippen molar-refractivity contribution in [1.82, 2.24) is 0 Å². The molecule has 1 aliphatic heterocycles. The molecule has 3 rings (SSSR count). The number of hydrogen-bond acceptors (Lipinski definition) is 5. The number of rotatable bonds is 5. The third kappa shape index (κ3) is 4.09. The Hall–Kier alpha value is -2.27. The van der Waals surface area contributed by atoms with Gasteiger partial charge in [-0.2, -0.15) is 0 Å². The fourth-order valence-electron chi connectivity index (χ4n) is 2.75. The molecule has 1 saturated heterocycles. The number of nitrogens with zero attached hydrogens (tertiary/aromatic N) is 1. The zero-order valence-electron chi connectivity index (χ0n) is 15.2. The van der Waals surface area contributed by atoms with Crippen molar-refractivity contribution in [2.24, 2.45) is 0 Å². The summed E-state index contributed by atoms with van der Waals surface area (Å²) in [7, 11) is 1.55. The van der Waals surface area contributed by atoms with Crippen LogP contribution in [0.1, 0.15) is 11.1 Å². The lowest BCUT2D eigenvalue weighted by atomic mass is 10.1. The highest BCUT2D eigenvalue weighted by Crippen LogP contribution is 2.41. The molecular weight excluding hydrogens is 458 g/mol. The first kappa shape index (κ1) is 20.5. The molecule has 0 aliphatic carbocycles. The highest BCUT2D eigenvalue weighted by molar-refractivity contribution is 9.10. The first-order valence-electron chi connectivity index (χ1n) is 8.23. The number of terminal acetylenes is 1. The quantitative estimate of drug-likeness (QED) is 0.339. The normalized spacial score (nSPS) is 15.1. The number of amides is 1. The second-order valence-electron chi connectivity index (χ2n) is 5.82. The Bertz CT molecular complexity index is 1030. The smallest absolute Gasteiger partial charge is 0.270 e. The van der Waals surface area contributed by atoms with Crippen LogP contribution >= 0.6 is 39.9 Å². The molecule has 28 heavy (non-hydrogen) atoms. The molecule has 0 radical (unpaired) electrons. The van der Waals surface area contributed by atoms with Gasteiger partial charge in [0.1, 0.15) is 6.61 Å². The lowest BCUT2D eigenvalue weighted by molar-refractivity contribution is -0.113. The average molecular weight is 474 g/mol. The zero-order chi connectivity index (χ0) is 20.3. The largest absolute Gasteiger partial charge is 0.493 e. The van der Waals surface area contributed by atoms with E-state index in [1.54, 1.807) is 24.2 Å². The Balaban J connectivity index is 2.04. The zero-order valence-corrected chi connectivity index (χ0v) is 18.4. The summed E-state index contributed by atoms with van der Waals surface area (Å²) in [5, 5.41) is 0. The van der Waals surface area contributed by atoms with Gasteiger partial charge in [0.05, 0.1) is 17.7 Å². The molecule has 0 aromatic heterocycles. The lowest BCUT2D eigenvalue weighted by Gasteiger charge is -2.17. The van der Waals surface area contributed by atoms with Crippen molar-refractivity contribution in [2.75, 3.05) is 18.6 Å². The van der Waals surface area contributed by atoms with Crippen molar-refractivity contribution in [3.8, 4) is 23.8 Å². The summed E-state index contributed by atoms with van der Waals surface area (Å²) in [5.41, 5.74) is 2.43. The summed E-state index contributed by atoms with van der Waals surface area (Å²) in [6.45, 7) is 2.03. The second kappa shape index (κ2) is 8.82. The topological polar surface area (TPSA) is 38.8 Å². The molecule has 0 spiro atoms. The molecule has 0 unspecified atom stereocenters. The van der Waals surface area contributed by atoms with Crippen LogP contribution in [0.2, 0.25) is 0 Å². The molecule has 0 atom stereocenters. The summed E-state index contributed by atoms with van der Waals surface area (Å²) >= 11 is 10.2. The van der Waals surface area contributed by atoms with Gasteiger partial charge in [0.15, 0.2) is 15.8 Å². The van der Waals surface area contributed by atoms with Gasteiger partial charge in [-0.25, -0.2) is 0 Å². The number of hydrogen-bond donors (Lipinski definition) is 0. The van der Waals surface area contributed by atoms with E-state index in [0.717, 1.165) is 15.7 Å². The van der Waals surface area contributed by atoms with Crippen LogP contribution in [0.5, 0.6) is 11.5 Å². The minimum Gasteiger partial charge on any atom is -0.493 e. The predicted molar refractivity (Wildman–Crippen MR) is 122 cm³/mol. The second-order valence-corrected chi connectivity index (χ2v) is 8.41. The van der Waals surface area contributed by atoms with Crippen molar-refractivity contribution in [2.45, 2.75) is 6.92 Å². The van der Waals surface area contributed by atoms with Crippen LogP contribution in [0.25, 0.3) is 6.08 Å². The summed E-state index contributed by atoms with van der Waals surface area (Å²) in [5.74, 6) is 3.26. The third-order valence-electron chi connectivity index (χ3n) is 4.00. The van der Waals surface area contributed by atoms with Crippen LogP contribution in [0, 0.1) is 19.3 Å². The molecule has 1 amide bonds. The Morgan fingerprint density at radius 2 is 2.11 bits per heavy atom. The number of ether oxygens (including phenoxy) is 2. The van der Waals surface area contributed by atoms with Crippen LogP contribution < -0.4 is 14.4 Å². The number of methoxy groups -OCH3 is 1. The summed E-state index contributed by atoms with van der Waals surface area (Å²) in [6.07, 6.45) is 7.07. The molecule has 7 heteroatoms. The monoisotopic (exact) mass is 473 g/mol. The van der Waals surface area contributed by atoms with Crippen LogP contribution in [0.3, 0.4) is 0 Å². The van der Waals surface area contributed by atoms with Crippen molar-refractivity contribution in [3.63, 3.8) is 0 Å². The van der Waals surface area contributed by atoms with E-state index in [0.29, 0.717) is 26.3 Å². The molecule has 2 aromatic rings. The predicted octanol–water partition coefficient (Wildman–Crippen LogP) is 5.18. The number of halogens is 1. The summed E-state index contributed by atoms with van der Waals surface area (Å²) in [4.78, 5) is 15.1. The number of thiocarbonyl (C=S) groups is 1. The maximum Gasteiger partial charge on any atom is 0.270 e. The fourth-order valence-corrected chi connectivity index (χ4v) is 4.48. The van der Waals surface area contributed by atoms with Crippen molar-refractivity contribution < 1.29 is 14.3 Å². The maximum atomic E-state index is 13.1. The molecule has 0 bridgehead atoms. The molecule has 1 aliphatic rings. The standard InChI is InChI=1S/C21H16BrNO3S2/c1-4-9-26-19-14(10-15(22)12-17(19)25-3)11-18-20(24)23(21(27)28-18)16-8-6-5-7-13(16)2/h1,5-8,10-12H,9H2,2-3H3/b18-11+. The van der Waals surface area contributed by atoms with E-state index in [1.807, 2.05) is 37.3 Å².